The van der Waals surface area contributed by atoms with Crippen LogP contribution in [0.3, 0.4) is 0 Å². The van der Waals surface area contributed by atoms with E-state index in [0.29, 0.717) is 11.3 Å². The molecule has 0 aliphatic rings. The number of aryl methyl sites for hydroxylation is 2. The van der Waals surface area contributed by atoms with E-state index in [2.05, 4.69) is 37.4 Å². The molecule has 4 rings (SSSR count). The molecule has 1 amide bonds. The molecule has 7 heteroatoms. The third-order valence-corrected chi connectivity index (χ3v) is 5.89. The number of amides is 1. The summed E-state index contributed by atoms with van der Waals surface area (Å²) < 4.78 is 1.98. The summed E-state index contributed by atoms with van der Waals surface area (Å²) in [6.07, 6.45) is 2.23. The fourth-order valence-electron chi connectivity index (χ4n) is 3.15. The van der Waals surface area contributed by atoms with Crippen molar-refractivity contribution in [3.8, 4) is 11.3 Å². The van der Waals surface area contributed by atoms with Crippen molar-refractivity contribution in [1.82, 2.24) is 9.38 Å². The van der Waals surface area contributed by atoms with Gasteiger partial charge in [0.05, 0.1) is 12.1 Å². The Bertz CT molecular complexity index is 1230. The molecule has 0 aliphatic carbocycles. The number of anilines is 1. The Labute approximate surface area is 185 Å². The summed E-state index contributed by atoms with van der Waals surface area (Å²) in [5.74, 6) is -0.107. The highest BCUT2D eigenvalue weighted by Crippen LogP contribution is 2.25. The lowest BCUT2D eigenvalue weighted by molar-refractivity contribution is -0.115. The van der Waals surface area contributed by atoms with Crippen molar-refractivity contribution < 1.29 is 9.59 Å². The van der Waals surface area contributed by atoms with Crippen LogP contribution in [0.1, 0.15) is 34.1 Å². The maximum Gasteiger partial charge on any atom is 0.230 e. The van der Waals surface area contributed by atoms with Crippen molar-refractivity contribution in [2.75, 3.05) is 5.32 Å². The number of benzene rings is 2. The monoisotopic (exact) mass is 439 g/mol. The molecule has 5 nitrogen and oxygen atoms in total. The highest BCUT2D eigenvalue weighted by molar-refractivity contribution is 7.15. The van der Waals surface area contributed by atoms with Gasteiger partial charge >= 0.3 is 0 Å². The first-order valence-electron chi connectivity index (χ1n) is 9.34. The Kier molecular flexibility index (Phi) is 6.39. The molecule has 0 fully saturated rings. The molecule has 0 unspecified atom stereocenters. The number of halogens is 1. The summed E-state index contributed by atoms with van der Waals surface area (Å²) in [7, 11) is 0. The molecule has 2 heterocycles. The number of nitrogens with zero attached hydrogens (tertiary/aromatic N) is 2. The van der Waals surface area contributed by atoms with Gasteiger partial charge in [-0.2, -0.15) is 0 Å². The predicted molar refractivity (Wildman–Crippen MR) is 124 cm³/mol. The summed E-state index contributed by atoms with van der Waals surface area (Å²) >= 11 is 1.52. The fraction of sp³-hybridized carbons (Fsp3) is 0.174. The Hall–Kier alpha value is -2.96. The number of rotatable bonds is 5. The van der Waals surface area contributed by atoms with E-state index in [9.17, 15) is 9.59 Å². The highest BCUT2D eigenvalue weighted by Gasteiger charge is 2.13. The zero-order valence-corrected chi connectivity index (χ0v) is 18.6. The van der Waals surface area contributed by atoms with Crippen LogP contribution < -0.4 is 5.32 Å². The molecule has 0 atom stereocenters. The molecule has 30 heavy (non-hydrogen) atoms. The number of ketones is 1. The largest absolute Gasteiger partial charge is 0.326 e. The van der Waals surface area contributed by atoms with E-state index in [1.807, 2.05) is 16.0 Å². The topological polar surface area (TPSA) is 63.5 Å². The van der Waals surface area contributed by atoms with E-state index in [1.54, 1.807) is 24.3 Å². The fourth-order valence-corrected chi connectivity index (χ4v) is 4.03. The lowest BCUT2D eigenvalue weighted by Gasteiger charge is -2.05. The second kappa shape index (κ2) is 8.81. The summed E-state index contributed by atoms with van der Waals surface area (Å²) in [6.45, 7) is 5.71. The smallest absolute Gasteiger partial charge is 0.230 e. The average Bonchev–Trinajstić information content (AvgIpc) is 3.26. The summed E-state index contributed by atoms with van der Waals surface area (Å²) in [5, 5.41) is 4.85. The molecule has 0 saturated heterocycles. The summed E-state index contributed by atoms with van der Waals surface area (Å²) in [6, 6.07) is 13.2. The number of hydrogen-bond acceptors (Lipinski definition) is 4. The number of thiazole rings is 1. The van der Waals surface area contributed by atoms with Crippen molar-refractivity contribution in [2.45, 2.75) is 27.2 Å². The molecule has 0 bridgehead atoms. The number of Topliss-reactive ketones (excluding diaryl/α,β-unsaturated/α-hetero) is 1. The van der Waals surface area contributed by atoms with Gasteiger partial charge in [0, 0.05) is 34.1 Å². The number of carbonyl (C=O) groups excluding carboxylic acids is 2. The average molecular weight is 440 g/mol. The van der Waals surface area contributed by atoms with Crippen LogP contribution in [-0.4, -0.2) is 21.1 Å². The van der Waals surface area contributed by atoms with E-state index in [1.165, 1.54) is 29.4 Å². The van der Waals surface area contributed by atoms with Gasteiger partial charge in [-0.3, -0.25) is 14.0 Å². The Morgan fingerprint density at radius 2 is 1.80 bits per heavy atom. The molecule has 2 aromatic heterocycles. The zero-order chi connectivity index (χ0) is 20.5. The normalized spacial score (nSPS) is 10.6. The molecule has 154 valence electrons. The van der Waals surface area contributed by atoms with Crippen LogP contribution in [0, 0.1) is 13.8 Å². The molecular weight excluding hydrogens is 418 g/mol. The summed E-state index contributed by atoms with van der Waals surface area (Å²) in [5.41, 5.74) is 6.65. The number of aromatic nitrogens is 2. The molecule has 0 saturated carbocycles. The van der Waals surface area contributed by atoms with Crippen LogP contribution >= 0.6 is 23.7 Å². The Morgan fingerprint density at radius 3 is 2.47 bits per heavy atom. The molecule has 4 aromatic rings. The van der Waals surface area contributed by atoms with Crippen molar-refractivity contribution >= 4 is 46.1 Å². The van der Waals surface area contributed by atoms with Gasteiger partial charge in [-0.05, 0) is 62.2 Å². The Balaban J connectivity index is 0.00000256. The number of imidazole rings is 1. The van der Waals surface area contributed by atoms with Gasteiger partial charge in [-0.15, -0.1) is 23.7 Å². The minimum absolute atomic E-state index is 0. The SMILES string of the molecule is CC(=O)c1ccc(NC(=O)Cc2csc3nc(-c4ccc(C)c(C)c4)cn23)cc1.Cl. The van der Waals surface area contributed by atoms with Crippen molar-refractivity contribution in [2.24, 2.45) is 0 Å². The van der Waals surface area contributed by atoms with Gasteiger partial charge in [0.1, 0.15) is 0 Å². The first-order valence-corrected chi connectivity index (χ1v) is 10.2. The molecule has 0 aliphatic heterocycles. The van der Waals surface area contributed by atoms with E-state index >= 15 is 0 Å². The van der Waals surface area contributed by atoms with Crippen LogP contribution in [0.4, 0.5) is 5.69 Å². The number of carbonyl (C=O) groups is 2. The van der Waals surface area contributed by atoms with E-state index < -0.39 is 0 Å². The lowest BCUT2D eigenvalue weighted by Crippen LogP contribution is -2.15. The lowest BCUT2D eigenvalue weighted by atomic mass is 10.0. The molecular formula is C23H22ClN3O2S. The number of fused-ring (bicyclic) bond motifs is 1. The van der Waals surface area contributed by atoms with E-state index in [0.717, 1.165) is 21.9 Å². The van der Waals surface area contributed by atoms with Crippen molar-refractivity contribution in [3.05, 3.63) is 76.4 Å². The minimum atomic E-state index is -0.110. The first-order chi connectivity index (χ1) is 13.9. The molecule has 2 aromatic carbocycles. The summed E-state index contributed by atoms with van der Waals surface area (Å²) in [4.78, 5) is 29.4. The maximum atomic E-state index is 12.5. The second-order valence-electron chi connectivity index (χ2n) is 7.16. The Morgan fingerprint density at radius 1 is 1.07 bits per heavy atom. The van der Waals surface area contributed by atoms with Gasteiger partial charge in [0.25, 0.3) is 0 Å². The van der Waals surface area contributed by atoms with Gasteiger partial charge in [-0.1, -0.05) is 12.1 Å². The molecule has 0 radical (unpaired) electrons. The van der Waals surface area contributed by atoms with Crippen molar-refractivity contribution in [1.29, 1.82) is 0 Å². The third kappa shape index (κ3) is 4.45. The zero-order valence-electron chi connectivity index (χ0n) is 16.9. The molecule has 0 spiro atoms. The standard InChI is InChI=1S/C23H21N3O2S.ClH/c1-14-4-5-18(10-15(14)2)21-12-26-20(13-29-23(26)25-21)11-22(28)24-19-8-6-17(7-9-19)16(3)27;/h4-10,12-13H,11H2,1-3H3,(H,24,28);1H. The molecule has 1 N–H and O–H groups in total. The first kappa shape index (κ1) is 21.7. The number of nitrogens with one attached hydrogen (secondary N) is 1. The minimum Gasteiger partial charge on any atom is -0.326 e. The van der Waals surface area contributed by atoms with Crippen LogP contribution in [0.5, 0.6) is 0 Å². The predicted octanol–water partition coefficient (Wildman–Crippen LogP) is 5.49. The van der Waals surface area contributed by atoms with Gasteiger partial charge in [-0.25, -0.2) is 4.98 Å². The highest BCUT2D eigenvalue weighted by atomic mass is 35.5. The van der Waals surface area contributed by atoms with E-state index in [4.69, 9.17) is 4.98 Å². The van der Waals surface area contributed by atoms with Crippen LogP contribution in [0.25, 0.3) is 16.2 Å². The quantitative estimate of drug-likeness (QED) is 0.418. The van der Waals surface area contributed by atoms with Crippen LogP contribution in [-0.2, 0) is 11.2 Å². The van der Waals surface area contributed by atoms with Crippen molar-refractivity contribution in [3.63, 3.8) is 0 Å². The van der Waals surface area contributed by atoms with Gasteiger partial charge in [0.15, 0.2) is 10.7 Å². The van der Waals surface area contributed by atoms with E-state index in [-0.39, 0.29) is 30.5 Å². The van der Waals surface area contributed by atoms with Gasteiger partial charge < -0.3 is 5.32 Å². The third-order valence-electron chi connectivity index (χ3n) is 5.00. The maximum absolute atomic E-state index is 12.5. The number of hydrogen-bond donors (Lipinski definition) is 1. The van der Waals surface area contributed by atoms with Crippen LogP contribution in [0.2, 0.25) is 0 Å². The van der Waals surface area contributed by atoms with Crippen LogP contribution in [0.15, 0.2) is 54.0 Å². The van der Waals surface area contributed by atoms with Gasteiger partial charge in [0.2, 0.25) is 5.91 Å². The second-order valence-corrected chi connectivity index (χ2v) is 8.00.